The molecule has 0 heterocycles. The molecule has 0 aliphatic carbocycles. The van der Waals surface area contributed by atoms with Crippen molar-refractivity contribution in [2.45, 2.75) is 33.7 Å². The Balaban J connectivity index is 4.17. The van der Waals surface area contributed by atoms with Gasteiger partial charge in [-0.2, -0.15) is 0 Å². The first-order chi connectivity index (χ1) is 6.43. The van der Waals surface area contributed by atoms with Crippen molar-refractivity contribution in [3.63, 3.8) is 0 Å². The number of rotatable bonds is 5. The van der Waals surface area contributed by atoms with Crippen molar-refractivity contribution < 1.29 is 13.6 Å². The highest BCUT2D eigenvalue weighted by Gasteiger charge is 2.24. The van der Waals surface area contributed by atoms with E-state index >= 15 is 0 Å². The van der Waals surface area contributed by atoms with Crippen LogP contribution in [0.1, 0.15) is 27.7 Å². The molecular weight excluding hydrogens is 221 g/mol. The highest BCUT2D eigenvalue weighted by atomic mass is 32.1. The third-order valence-electron chi connectivity index (χ3n) is 1.34. The molecule has 0 aromatic rings. The van der Waals surface area contributed by atoms with Gasteiger partial charge in [-0.25, -0.2) is 4.57 Å². The monoisotopic (exact) mass is 239 g/mol. The van der Waals surface area contributed by atoms with Crippen LogP contribution in [0, 0.1) is 0 Å². The zero-order chi connectivity index (χ0) is 11.2. The van der Waals surface area contributed by atoms with E-state index in [1.165, 1.54) is 0 Å². The van der Waals surface area contributed by atoms with E-state index in [9.17, 15) is 4.57 Å². The fourth-order valence-electron chi connectivity index (χ4n) is 0.767. The Labute approximate surface area is 90.9 Å². The first kappa shape index (κ1) is 13.9. The average molecular weight is 239 g/mol. The van der Waals surface area contributed by atoms with E-state index in [0.29, 0.717) is 12.8 Å². The molecule has 14 heavy (non-hydrogen) atoms. The smallest absolute Gasteiger partial charge is 0.380 e. The van der Waals surface area contributed by atoms with Crippen LogP contribution >= 0.6 is 19.8 Å². The summed E-state index contributed by atoms with van der Waals surface area (Å²) in [6.07, 6.45) is 0.320. The maximum absolute atomic E-state index is 11.8. The molecule has 0 fully saturated rings. The third kappa shape index (κ3) is 5.58. The molecule has 1 unspecified atom stereocenters. The molecule has 0 spiro atoms. The molecule has 0 aliphatic heterocycles. The first-order valence-electron chi connectivity index (χ1n) is 4.67. The van der Waals surface area contributed by atoms with Crippen LogP contribution < -0.4 is 5.32 Å². The normalized spacial score (nSPS) is 14.9. The highest BCUT2D eigenvalue weighted by Crippen LogP contribution is 2.47. The van der Waals surface area contributed by atoms with Gasteiger partial charge in [0.15, 0.2) is 0 Å². The van der Waals surface area contributed by atoms with Crippen molar-refractivity contribution in [2.75, 3.05) is 12.8 Å². The molecule has 1 N–H and O–H groups in total. The minimum absolute atomic E-state index is 0.138. The summed E-state index contributed by atoms with van der Waals surface area (Å²) in [5.41, 5.74) is 0. The van der Waals surface area contributed by atoms with E-state index in [1.807, 2.05) is 13.8 Å². The maximum atomic E-state index is 11.8. The summed E-state index contributed by atoms with van der Waals surface area (Å²) in [5, 5.41) is 2.99. The molecule has 84 valence electrons. The zero-order valence-corrected chi connectivity index (χ0v) is 10.8. The Hall–Kier alpha value is -0.120. The lowest BCUT2D eigenvalue weighted by molar-refractivity contribution is 0.275. The predicted molar refractivity (Wildman–Crippen MR) is 61.7 cm³/mol. The molecule has 0 aromatic carbocycles. The van der Waals surface area contributed by atoms with E-state index in [0.717, 1.165) is 0 Å². The van der Waals surface area contributed by atoms with Crippen molar-refractivity contribution >= 4 is 25.0 Å². The number of hydrogen-bond acceptors (Lipinski definition) is 4. The summed E-state index contributed by atoms with van der Waals surface area (Å²) < 4.78 is 21.9. The summed E-state index contributed by atoms with van der Waals surface area (Å²) in [6.45, 7) is 7.72. The Kier molecular flexibility index (Phi) is 6.33. The quantitative estimate of drug-likeness (QED) is 0.590. The molecule has 4 nitrogen and oxygen atoms in total. The summed E-state index contributed by atoms with van der Waals surface area (Å²) >= 11 is 4.87. The van der Waals surface area contributed by atoms with Crippen LogP contribution in [0.15, 0.2) is 0 Å². The van der Waals surface area contributed by atoms with Crippen LogP contribution in [0.4, 0.5) is 0 Å². The van der Waals surface area contributed by atoms with Crippen LogP contribution in [0.25, 0.3) is 0 Å². The Morgan fingerprint density at radius 1 is 1.50 bits per heavy atom. The van der Waals surface area contributed by atoms with Gasteiger partial charge < -0.3 is 14.4 Å². The molecule has 0 saturated heterocycles. The molecule has 0 rings (SSSR count). The van der Waals surface area contributed by atoms with Crippen molar-refractivity contribution in [1.29, 1.82) is 0 Å². The highest BCUT2D eigenvalue weighted by molar-refractivity contribution is 7.80. The van der Waals surface area contributed by atoms with E-state index in [1.54, 1.807) is 13.8 Å². The second-order valence-corrected chi connectivity index (χ2v) is 5.69. The number of hydrogen-bond donors (Lipinski definition) is 1. The van der Waals surface area contributed by atoms with E-state index in [-0.39, 0.29) is 11.2 Å². The second-order valence-electron chi connectivity index (χ2n) is 3.02. The van der Waals surface area contributed by atoms with Crippen molar-refractivity contribution in [1.82, 2.24) is 5.32 Å². The van der Waals surface area contributed by atoms with Gasteiger partial charge in [-0.05, 0) is 33.0 Å². The van der Waals surface area contributed by atoms with E-state index in [4.69, 9.17) is 21.3 Å². The van der Waals surface area contributed by atoms with Gasteiger partial charge in [-0.3, -0.25) is 0 Å². The molecule has 0 aromatic heterocycles. The molecule has 0 saturated carbocycles. The van der Waals surface area contributed by atoms with Crippen LogP contribution in [-0.2, 0) is 13.6 Å². The van der Waals surface area contributed by atoms with Gasteiger partial charge in [0, 0.05) is 6.04 Å². The lowest BCUT2D eigenvalue weighted by Gasteiger charge is -2.19. The van der Waals surface area contributed by atoms with Crippen LogP contribution in [0.2, 0.25) is 0 Å². The summed E-state index contributed by atoms with van der Waals surface area (Å²) in [6, 6.07) is 0.162. The maximum Gasteiger partial charge on any atom is 0.380 e. The van der Waals surface area contributed by atoms with Gasteiger partial charge in [-0.15, -0.1) is 0 Å². The largest absolute Gasteiger partial charge is 0.398 e. The zero-order valence-electron chi connectivity index (χ0n) is 9.07. The van der Waals surface area contributed by atoms with Gasteiger partial charge in [0.1, 0.15) is 0 Å². The minimum atomic E-state index is -3.02. The van der Waals surface area contributed by atoms with Gasteiger partial charge in [0.05, 0.1) is 12.8 Å². The molecule has 0 bridgehead atoms. The predicted octanol–water partition coefficient (Wildman–Crippen LogP) is 2.54. The standard InChI is InChI=1S/C8H18NO3PS/c1-5-11-13(10,6-2)12-8(14)9-7(3)4/h7H,5-6H2,1-4H3,(H,9,14). The summed E-state index contributed by atoms with van der Waals surface area (Å²) in [4.78, 5) is 0. The first-order valence-corrected chi connectivity index (χ1v) is 6.80. The fourth-order valence-corrected chi connectivity index (χ4v) is 2.41. The van der Waals surface area contributed by atoms with E-state index in [2.05, 4.69) is 5.32 Å². The third-order valence-corrected chi connectivity index (χ3v) is 3.55. The molecule has 0 amide bonds. The summed E-state index contributed by atoms with van der Waals surface area (Å²) in [7, 11) is -3.02. The summed E-state index contributed by atoms with van der Waals surface area (Å²) in [5.74, 6) is 0. The molecule has 6 heteroatoms. The fraction of sp³-hybridized carbons (Fsp3) is 0.875. The molecule has 1 atom stereocenters. The minimum Gasteiger partial charge on any atom is -0.398 e. The lowest BCUT2D eigenvalue weighted by Crippen LogP contribution is -2.30. The number of nitrogens with one attached hydrogen (secondary N) is 1. The second kappa shape index (κ2) is 6.38. The van der Waals surface area contributed by atoms with Gasteiger partial charge in [-0.1, -0.05) is 6.92 Å². The van der Waals surface area contributed by atoms with Crippen molar-refractivity contribution in [3.8, 4) is 0 Å². The molecular formula is C8H18NO3PS. The van der Waals surface area contributed by atoms with Gasteiger partial charge >= 0.3 is 7.60 Å². The molecule has 0 aliphatic rings. The van der Waals surface area contributed by atoms with Gasteiger partial charge in [0.2, 0.25) is 0 Å². The Morgan fingerprint density at radius 3 is 2.43 bits per heavy atom. The number of thiocarbonyl (C=S) groups is 1. The van der Waals surface area contributed by atoms with Crippen LogP contribution in [0.3, 0.4) is 0 Å². The van der Waals surface area contributed by atoms with Crippen molar-refractivity contribution in [2.24, 2.45) is 0 Å². The Bertz CT molecular complexity index is 233. The topological polar surface area (TPSA) is 47.6 Å². The van der Waals surface area contributed by atoms with E-state index < -0.39 is 7.60 Å². The van der Waals surface area contributed by atoms with Crippen LogP contribution in [-0.4, -0.2) is 24.0 Å². The van der Waals surface area contributed by atoms with Gasteiger partial charge in [0.25, 0.3) is 5.17 Å². The van der Waals surface area contributed by atoms with Crippen LogP contribution in [0.5, 0.6) is 0 Å². The lowest BCUT2D eigenvalue weighted by atomic mass is 10.4. The molecule has 0 radical (unpaired) electrons. The average Bonchev–Trinajstić information content (AvgIpc) is 2.02. The SMILES string of the molecule is CCOP(=O)(CC)OC(=S)NC(C)C. The van der Waals surface area contributed by atoms with Crippen molar-refractivity contribution in [3.05, 3.63) is 0 Å². The Morgan fingerprint density at radius 2 is 2.07 bits per heavy atom.